The Hall–Kier alpha value is -7.36. The molecule has 5 aliphatic rings. The van der Waals surface area contributed by atoms with Gasteiger partial charge in [-0.05, 0) is 155 Å². The molecule has 0 amide bonds. The molecular formula is C63H46BNO. The van der Waals surface area contributed by atoms with E-state index in [1.54, 1.807) is 0 Å². The van der Waals surface area contributed by atoms with Crippen LogP contribution >= 0.6 is 0 Å². The number of fused-ring (bicyclic) bond motifs is 17. The maximum Gasteiger partial charge on any atom is 0.248 e. The highest BCUT2D eigenvalue weighted by molar-refractivity contribution is 7.01. The largest absolute Gasteiger partial charge is 0.456 e. The van der Waals surface area contributed by atoms with Gasteiger partial charge in [0.15, 0.2) is 0 Å². The fraction of sp³-hybridized carbons (Fsp3) is 0.143. The van der Waals surface area contributed by atoms with Crippen LogP contribution in [0.15, 0.2) is 174 Å². The lowest BCUT2D eigenvalue weighted by Crippen LogP contribution is -2.55. The van der Waals surface area contributed by atoms with E-state index < -0.39 is 0 Å². The lowest BCUT2D eigenvalue weighted by Gasteiger charge is -2.38. The van der Waals surface area contributed by atoms with Gasteiger partial charge in [0.2, 0.25) is 6.71 Å². The van der Waals surface area contributed by atoms with E-state index in [0.29, 0.717) is 0 Å². The van der Waals surface area contributed by atoms with Gasteiger partial charge in [0.05, 0.1) is 0 Å². The van der Waals surface area contributed by atoms with E-state index in [1.165, 1.54) is 117 Å². The van der Waals surface area contributed by atoms with Gasteiger partial charge in [-0.3, -0.25) is 0 Å². The highest BCUT2D eigenvalue weighted by atomic mass is 16.3. The Kier molecular flexibility index (Phi) is 6.77. The highest BCUT2D eigenvalue weighted by Gasteiger charge is 2.48. The number of hydrogen-bond donors (Lipinski definition) is 0. The van der Waals surface area contributed by atoms with Crippen molar-refractivity contribution in [3.05, 3.63) is 203 Å². The van der Waals surface area contributed by atoms with Gasteiger partial charge in [0, 0.05) is 44.1 Å². The molecule has 66 heavy (non-hydrogen) atoms. The van der Waals surface area contributed by atoms with Crippen molar-refractivity contribution in [3.8, 4) is 55.6 Å². The second kappa shape index (κ2) is 12.1. The van der Waals surface area contributed by atoms with Crippen molar-refractivity contribution in [2.45, 2.75) is 57.8 Å². The summed E-state index contributed by atoms with van der Waals surface area (Å²) in [5.41, 5.74) is 30.9. The predicted octanol–water partition coefficient (Wildman–Crippen LogP) is 14.5. The van der Waals surface area contributed by atoms with Crippen molar-refractivity contribution >= 4 is 62.1 Å². The van der Waals surface area contributed by atoms with E-state index in [2.05, 4.69) is 216 Å². The van der Waals surface area contributed by atoms with Crippen LogP contribution in [0.25, 0.3) is 77.6 Å². The van der Waals surface area contributed by atoms with Gasteiger partial charge in [-0.2, -0.15) is 0 Å². The molecule has 1 aromatic heterocycles. The van der Waals surface area contributed by atoms with Crippen molar-refractivity contribution in [3.63, 3.8) is 0 Å². The summed E-state index contributed by atoms with van der Waals surface area (Å²) in [4.78, 5) is 2.63. The molecule has 15 rings (SSSR count). The van der Waals surface area contributed by atoms with Crippen LogP contribution < -0.4 is 21.3 Å². The SMILES string of the molecule is CC1(C)c2ccccc2-c2cc(N3c4cc5c(cc4B4c6cc7c(cc6-c6cc(-c8ccc9c(c8)oc8ccccc89)cc3c64)-c3ccccc3C7(C)C)C(C)(C)c3ccccc3-5)ccc21. The molecule has 0 N–H and O–H groups in total. The highest BCUT2D eigenvalue weighted by Crippen LogP contribution is 2.56. The van der Waals surface area contributed by atoms with E-state index in [0.717, 1.165) is 27.5 Å². The zero-order chi connectivity index (χ0) is 44.2. The molecule has 2 nitrogen and oxygen atoms in total. The zero-order valence-electron chi connectivity index (χ0n) is 38.1. The molecule has 0 unspecified atom stereocenters. The fourth-order valence-electron chi connectivity index (χ4n) is 13.6. The smallest absolute Gasteiger partial charge is 0.248 e. The van der Waals surface area contributed by atoms with Crippen LogP contribution in [-0.2, 0) is 16.2 Å². The molecule has 3 aliphatic carbocycles. The van der Waals surface area contributed by atoms with E-state index >= 15 is 0 Å². The quantitative estimate of drug-likeness (QED) is 0.161. The molecule has 0 bridgehead atoms. The average molecular weight is 844 g/mol. The van der Waals surface area contributed by atoms with Crippen LogP contribution in [0.5, 0.6) is 0 Å². The minimum Gasteiger partial charge on any atom is -0.456 e. The van der Waals surface area contributed by atoms with Gasteiger partial charge in [-0.1, -0.05) is 162 Å². The summed E-state index contributed by atoms with van der Waals surface area (Å²) in [5.74, 6) is 0. The van der Waals surface area contributed by atoms with E-state index in [4.69, 9.17) is 4.42 Å². The Morgan fingerprint density at radius 3 is 1.62 bits per heavy atom. The Morgan fingerprint density at radius 2 is 0.924 bits per heavy atom. The molecule has 0 saturated heterocycles. The first kappa shape index (κ1) is 36.9. The van der Waals surface area contributed by atoms with Gasteiger partial charge in [0.1, 0.15) is 11.2 Å². The number of furan rings is 1. The van der Waals surface area contributed by atoms with Crippen molar-refractivity contribution < 1.29 is 4.42 Å². The molecule has 10 aromatic rings. The Balaban J connectivity index is 1.05. The number of nitrogens with zero attached hydrogens (tertiary/aromatic N) is 1. The molecule has 9 aromatic carbocycles. The Bertz CT molecular complexity index is 3880. The minimum absolute atomic E-state index is 0.0619. The van der Waals surface area contributed by atoms with E-state index in [9.17, 15) is 0 Å². The lowest BCUT2D eigenvalue weighted by atomic mass is 9.36. The average Bonchev–Trinajstić information content (AvgIpc) is 4.06. The number of para-hydroxylation sites is 1. The van der Waals surface area contributed by atoms with Crippen molar-refractivity contribution in [2.24, 2.45) is 0 Å². The first-order valence-corrected chi connectivity index (χ1v) is 23.7. The van der Waals surface area contributed by atoms with Gasteiger partial charge in [-0.25, -0.2) is 0 Å². The number of rotatable bonds is 2. The number of benzene rings is 9. The Morgan fingerprint density at radius 1 is 0.364 bits per heavy atom. The summed E-state index contributed by atoms with van der Waals surface area (Å²) in [6.07, 6.45) is 0. The molecule has 0 saturated carbocycles. The van der Waals surface area contributed by atoms with E-state index in [-0.39, 0.29) is 23.0 Å². The molecule has 0 fully saturated rings. The molecule has 2 aliphatic heterocycles. The monoisotopic (exact) mass is 843 g/mol. The zero-order valence-corrected chi connectivity index (χ0v) is 38.1. The van der Waals surface area contributed by atoms with Crippen molar-refractivity contribution in [1.82, 2.24) is 0 Å². The van der Waals surface area contributed by atoms with Crippen LogP contribution in [0.3, 0.4) is 0 Å². The molecular weight excluding hydrogens is 798 g/mol. The second-order valence-corrected chi connectivity index (χ2v) is 21.2. The first-order valence-electron chi connectivity index (χ1n) is 23.7. The van der Waals surface area contributed by atoms with E-state index in [1.807, 2.05) is 0 Å². The van der Waals surface area contributed by atoms with Gasteiger partial charge in [0.25, 0.3) is 0 Å². The molecule has 0 spiro atoms. The molecule has 312 valence electrons. The topological polar surface area (TPSA) is 16.4 Å². The molecule has 3 heterocycles. The number of hydrogen-bond acceptors (Lipinski definition) is 2. The van der Waals surface area contributed by atoms with Gasteiger partial charge in [-0.15, -0.1) is 0 Å². The molecule has 0 radical (unpaired) electrons. The molecule has 0 atom stereocenters. The second-order valence-electron chi connectivity index (χ2n) is 21.2. The summed E-state index contributed by atoms with van der Waals surface area (Å²) >= 11 is 0. The van der Waals surface area contributed by atoms with Crippen molar-refractivity contribution in [2.75, 3.05) is 4.90 Å². The van der Waals surface area contributed by atoms with Gasteiger partial charge >= 0.3 is 0 Å². The Labute approximate surface area is 386 Å². The minimum atomic E-state index is -0.139. The third-order valence-corrected chi connectivity index (χ3v) is 16.9. The standard InChI is InChI=1S/C63H46BNO/c1-61(2)48-19-11-7-15-38(48)43-30-37(24-26-51(43)61)65-56-32-45-40-17-9-13-21-50(40)63(5,6)53(45)34-55(56)64-54-33-52-44(39-16-8-12-20-49(39)62(52,3)4)31-46(54)47-27-36(28-57(65)60(47)64)35-23-25-42-41-18-10-14-22-58(41)66-59(42)29-35/h7-34H,1-6H3. The van der Waals surface area contributed by atoms with Crippen LogP contribution in [-0.4, -0.2) is 6.71 Å². The maximum absolute atomic E-state index is 6.55. The van der Waals surface area contributed by atoms with Crippen LogP contribution in [0.1, 0.15) is 74.9 Å². The fourth-order valence-corrected chi connectivity index (χ4v) is 13.6. The molecule has 3 heteroatoms. The van der Waals surface area contributed by atoms with Crippen LogP contribution in [0.4, 0.5) is 17.1 Å². The summed E-state index contributed by atoms with van der Waals surface area (Å²) in [6.45, 7) is 14.5. The van der Waals surface area contributed by atoms with Crippen molar-refractivity contribution in [1.29, 1.82) is 0 Å². The lowest BCUT2D eigenvalue weighted by molar-refractivity contribution is 0.660. The third kappa shape index (κ3) is 4.44. The van der Waals surface area contributed by atoms with Crippen LogP contribution in [0, 0.1) is 0 Å². The third-order valence-electron chi connectivity index (χ3n) is 16.9. The summed E-state index contributed by atoms with van der Waals surface area (Å²) < 4.78 is 6.55. The summed E-state index contributed by atoms with van der Waals surface area (Å²) in [5, 5.41) is 2.30. The summed E-state index contributed by atoms with van der Waals surface area (Å²) in [7, 11) is 0. The van der Waals surface area contributed by atoms with Crippen LogP contribution in [0.2, 0.25) is 0 Å². The summed E-state index contributed by atoms with van der Waals surface area (Å²) in [6, 6.07) is 65.1. The van der Waals surface area contributed by atoms with Gasteiger partial charge < -0.3 is 9.32 Å². The normalized spacial score (nSPS) is 16.3. The predicted molar refractivity (Wildman–Crippen MR) is 277 cm³/mol. The number of anilines is 3. The maximum atomic E-state index is 6.55. The first-order chi connectivity index (χ1) is 32.0.